The van der Waals surface area contributed by atoms with Gasteiger partial charge in [-0.25, -0.2) is 0 Å². The quantitative estimate of drug-likeness (QED) is 0.870. The summed E-state index contributed by atoms with van der Waals surface area (Å²) in [6, 6.07) is 9.77. The van der Waals surface area contributed by atoms with Gasteiger partial charge in [-0.1, -0.05) is 51.1 Å². The molecule has 3 nitrogen and oxygen atoms in total. The van der Waals surface area contributed by atoms with Crippen molar-refractivity contribution in [3.63, 3.8) is 0 Å². The Hall–Kier alpha value is -1.35. The number of nitrogens with two attached hydrogens (primary N) is 1. The molecule has 0 heterocycles. The second kappa shape index (κ2) is 6.55. The van der Waals surface area contributed by atoms with E-state index in [1.807, 2.05) is 39.1 Å². The van der Waals surface area contributed by atoms with Gasteiger partial charge < -0.3 is 10.6 Å². The van der Waals surface area contributed by atoms with Crippen molar-refractivity contribution in [3.8, 4) is 0 Å². The van der Waals surface area contributed by atoms with Gasteiger partial charge >= 0.3 is 0 Å². The smallest absolute Gasteiger partial charge is 0.240 e. The first-order valence-corrected chi connectivity index (χ1v) is 6.56. The molecule has 3 heteroatoms. The van der Waals surface area contributed by atoms with E-state index >= 15 is 0 Å². The van der Waals surface area contributed by atoms with Gasteiger partial charge in [-0.05, 0) is 17.9 Å². The molecule has 0 spiro atoms. The van der Waals surface area contributed by atoms with E-state index in [0.717, 1.165) is 12.0 Å². The number of hydrogen-bond acceptors (Lipinski definition) is 2. The maximum absolute atomic E-state index is 12.3. The first-order valence-electron chi connectivity index (χ1n) is 6.56. The Balaban J connectivity index is 2.86. The molecule has 2 N–H and O–H groups in total. The van der Waals surface area contributed by atoms with E-state index < -0.39 is 6.04 Å². The number of likely N-dealkylation sites (N-methyl/N-ethyl adjacent to an activating group) is 1. The van der Waals surface area contributed by atoms with Crippen LogP contribution in [0.25, 0.3) is 0 Å². The van der Waals surface area contributed by atoms with E-state index in [1.165, 1.54) is 0 Å². The summed E-state index contributed by atoms with van der Waals surface area (Å²) in [5, 5.41) is 0. The minimum Gasteiger partial charge on any atom is -0.337 e. The van der Waals surface area contributed by atoms with E-state index in [-0.39, 0.29) is 17.9 Å². The molecule has 0 unspecified atom stereocenters. The van der Waals surface area contributed by atoms with E-state index in [0.29, 0.717) is 0 Å². The lowest BCUT2D eigenvalue weighted by molar-refractivity contribution is -0.134. The van der Waals surface area contributed by atoms with Gasteiger partial charge in [-0.15, -0.1) is 0 Å². The molecule has 0 radical (unpaired) electrons. The summed E-state index contributed by atoms with van der Waals surface area (Å²) in [5.74, 6) is 0.175. The summed E-state index contributed by atoms with van der Waals surface area (Å²) in [6.45, 7) is 6.03. The molecule has 0 aromatic heterocycles. The first-order chi connectivity index (χ1) is 8.49. The van der Waals surface area contributed by atoms with Gasteiger partial charge in [0, 0.05) is 7.05 Å². The molecular weight excluding hydrogens is 224 g/mol. The average Bonchev–Trinajstić information content (AvgIpc) is 2.38. The van der Waals surface area contributed by atoms with Crippen LogP contribution in [0.2, 0.25) is 0 Å². The van der Waals surface area contributed by atoms with E-state index in [4.69, 9.17) is 5.73 Å². The second-order valence-corrected chi connectivity index (χ2v) is 5.05. The fourth-order valence-corrected chi connectivity index (χ4v) is 2.08. The Morgan fingerprint density at radius 2 is 1.83 bits per heavy atom. The minimum absolute atomic E-state index is 0.0145. The lowest BCUT2D eigenvalue weighted by atomic mass is 9.99. The highest BCUT2D eigenvalue weighted by Gasteiger charge is 2.26. The van der Waals surface area contributed by atoms with Crippen molar-refractivity contribution >= 4 is 5.91 Å². The summed E-state index contributed by atoms with van der Waals surface area (Å²) in [6.07, 6.45) is 0.886. The van der Waals surface area contributed by atoms with Crippen LogP contribution in [-0.4, -0.2) is 23.9 Å². The molecule has 100 valence electrons. The van der Waals surface area contributed by atoms with Crippen LogP contribution < -0.4 is 5.73 Å². The molecule has 0 bridgehead atoms. The molecule has 0 aliphatic carbocycles. The second-order valence-electron chi connectivity index (χ2n) is 5.05. The summed E-state index contributed by atoms with van der Waals surface area (Å²) in [7, 11) is 1.84. The zero-order valence-electron chi connectivity index (χ0n) is 11.8. The molecule has 0 fully saturated rings. The van der Waals surface area contributed by atoms with Gasteiger partial charge in [0.15, 0.2) is 0 Å². The van der Waals surface area contributed by atoms with Crippen molar-refractivity contribution in [1.29, 1.82) is 0 Å². The largest absolute Gasteiger partial charge is 0.337 e. The first kappa shape index (κ1) is 14.7. The van der Waals surface area contributed by atoms with Crippen LogP contribution >= 0.6 is 0 Å². The molecule has 0 aliphatic heterocycles. The van der Waals surface area contributed by atoms with Crippen LogP contribution in [0, 0.1) is 5.92 Å². The molecular formula is C15H24N2O. The monoisotopic (exact) mass is 248 g/mol. The van der Waals surface area contributed by atoms with Crippen molar-refractivity contribution in [2.75, 3.05) is 7.05 Å². The van der Waals surface area contributed by atoms with Gasteiger partial charge in [0.2, 0.25) is 5.91 Å². The third-order valence-corrected chi connectivity index (χ3v) is 3.39. The Kier molecular flexibility index (Phi) is 5.35. The maximum Gasteiger partial charge on any atom is 0.240 e. The number of benzene rings is 1. The Labute approximate surface area is 110 Å². The summed E-state index contributed by atoms with van der Waals surface area (Å²) >= 11 is 0. The van der Waals surface area contributed by atoms with Crippen LogP contribution in [0.5, 0.6) is 0 Å². The molecule has 0 saturated heterocycles. The normalized spacial score (nSPS) is 14.3. The minimum atomic E-state index is -0.423. The van der Waals surface area contributed by atoms with Crippen molar-refractivity contribution in [2.45, 2.75) is 39.3 Å². The van der Waals surface area contributed by atoms with E-state index in [9.17, 15) is 4.79 Å². The zero-order valence-corrected chi connectivity index (χ0v) is 11.8. The van der Waals surface area contributed by atoms with Gasteiger partial charge in [-0.2, -0.15) is 0 Å². The molecule has 0 saturated carbocycles. The SMILES string of the molecule is CC[C@H](c1ccccc1)N(C)C(=O)[C@@H](N)C(C)C. The number of amides is 1. The molecule has 1 aromatic carbocycles. The number of rotatable bonds is 5. The molecule has 1 amide bonds. The van der Waals surface area contributed by atoms with Gasteiger partial charge in [-0.3, -0.25) is 4.79 Å². The summed E-state index contributed by atoms with van der Waals surface area (Å²) in [5.41, 5.74) is 7.10. The van der Waals surface area contributed by atoms with Crippen molar-refractivity contribution < 1.29 is 4.79 Å². The van der Waals surface area contributed by atoms with Crippen molar-refractivity contribution in [1.82, 2.24) is 4.90 Å². The lowest BCUT2D eigenvalue weighted by Gasteiger charge is -2.31. The fourth-order valence-electron chi connectivity index (χ4n) is 2.08. The van der Waals surface area contributed by atoms with Crippen LogP contribution in [0.4, 0.5) is 0 Å². The Morgan fingerprint density at radius 1 is 1.28 bits per heavy atom. The number of hydrogen-bond donors (Lipinski definition) is 1. The maximum atomic E-state index is 12.3. The highest BCUT2D eigenvalue weighted by molar-refractivity contribution is 5.82. The molecule has 2 atom stereocenters. The van der Waals surface area contributed by atoms with Crippen LogP contribution in [-0.2, 0) is 4.79 Å². The number of carbonyl (C=O) groups excluding carboxylic acids is 1. The average molecular weight is 248 g/mol. The third-order valence-electron chi connectivity index (χ3n) is 3.39. The van der Waals surface area contributed by atoms with Gasteiger partial charge in [0.1, 0.15) is 0 Å². The Morgan fingerprint density at radius 3 is 2.28 bits per heavy atom. The van der Waals surface area contributed by atoms with E-state index in [1.54, 1.807) is 4.90 Å². The third kappa shape index (κ3) is 3.33. The fraction of sp³-hybridized carbons (Fsp3) is 0.533. The topological polar surface area (TPSA) is 46.3 Å². The lowest BCUT2D eigenvalue weighted by Crippen LogP contribution is -2.46. The highest BCUT2D eigenvalue weighted by atomic mass is 16.2. The molecule has 1 rings (SSSR count). The standard InChI is InChI=1S/C15H24N2O/c1-5-13(12-9-7-6-8-10-12)17(4)15(18)14(16)11(2)3/h6-11,13-14H,5,16H2,1-4H3/t13-,14+/m1/s1. The Bertz CT molecular complexity index is 375. The number of nitrogens with zero attached hydrogens (tertiary/aromatic N) is 1. The van der Waals surface area contributed by atoms with Crippen molar-refractivity contribution in [3.05, 3.63) is 35.9 Å². The van der Waals surface area contributed by atoms with Crippen LogP contribution in [0.15, 0.2) is 30.3 Å². The number of carbonyl (C=O) groups is 1. The summed E-state index contributed by atoms with van der Waals surface area (Å²) in [4.78, 5) is 14.0. The highest BCUT2D eigenvalue weighted by Crippen LogP contribution is 2.23. The predicted molar refractivity (Wildman–Crippen MR) is 75.1 cm³/mol. The molecule has 0 aliphatic rings. The van der Waals surface area contributed by atoms with Gasteiger partial charge in [0.05, 0.1) is 12.1 Å². The van der Waals surface area contributed by atoms with Gasteiger partial charge in [0.25, 0.3) is 0 Å². The summed E-state index contributed by atoms with van der Waals surface area (Å²) < 4.78 is 0. The zero-order chi connectivity index (χ0) is 13.7. The molecule has 18 heavy (non-hydrogen) atoms. The predicted octanol–water partition coefficient (Wildman–Crippen LogP) is 2.58. The van der Waals surface area contributed by atoms with Crippen molar-refractivity contribution in [2.24, 2.45) is 11.7 Å². The molecule has 1 aromatic rings. The van der Waals surface area contributed by atoms with E-state index in [2.05, 4.69) is 19.1 Å². The van der Waals surface area contributed by atoms with Crippen LogP contribution in [0.3, 0.4) is 0 Å². The van der Waals surface area contributed by atoms with Crippen LogP contribution in [0.1, 0.15) is 38.8 Å².